The van der Waals surface area contributed by atoms with Crippen LogP contribution in [-0.2, 0) is 7.05 Å². The highest BCUT2D eigenvalue weighted by molar-refractivity contribution is 5.31. The highest BCUT2D eigenvalue weighted by atomic mass is 19.3. The monoisotopic (exact) mass is 188 g/mol. The normalized spacial score (nSPS) is 21.0. The molecule has 0 bridgehead atoms. The minimum absolute atomic E-state index is 0.0974. The number of nitrogens with zero attached hydrogens (tertiary/aromatic N) is 4. The molecule has 0 unspecified atom stereocenters. The molecule has 1 aromatic rings. The van der Waals surface area contributed by atoms with Gasteiger partial charge in [0.05, 0.1) is 6.54 Å². The number of aromatic nitrogens is 3. The van der Waals surface area contributed by atoms with Crippen molar-refractivity contribution in [3.63, 3.8) is 0 Å². The molecule has 4 nitrogen and oxygen atoms in total. The number of rotatable bonds is 1. The molecule has 1 fully saturated rings. The van der Waals surface area contributed by atoms with Crippen molar-refractivity contribution in [2.45, 2.75) is 12.3 Å². The van der Waals surface area contributed by atoms with Crippen molar-refractivity contribution in [2.75, 3.05) is 18.0 Å². The minimum atomic E-state index is -2.58. The van der Waals surface area contributed by atoms with Gasteiger partial charge in [0, 0.05) is 20.0 Å². The molecule has 1 aliphatic rings. The maximum atomic E-state index is 12.8. The van der Waals surface area contributed by atoms with E-state index in [1.807, 2.05) is 0 Å². The quantitative estimate of drug-likeness (QED) is 0.649. The average molecular weight is 188 g/mol. The molecule has 0 aliphatic carbocycles. The lowest BCUT2D eigenvalue weighted by Crippen LogP contribution is -2.27. The molecule has 13 heavy (non-hydrogen) atoms. The fourth-order valence-electron chi connectivity index (χ4n) is 1.48. The average Bonchev–Trinajstić information content (AvgIpc) is 2.56. The van der Waals surface area contributed by atoms with E-state index in [9.17, 15) is 8.78 Å². The van der Waals surface area contributed by atoms with Gasteiger partial charge in [-0.3, -0.25) is 0 Å². The van der Waals surface area contributed by atoms with Gasteiger partial charge in [0.25, 0.3) is 5.92 Å². The largest absolute Gasteiger partial charge is 0.335 e. The predicted octanol–water partition coefficient (Wildman–Crippen LogP) is 0.660. The first-order chi connectivity index (χ1) is 6.08. The third-order valence-corrected chi connectivity index (χ3v) is 2.14. The fourth-order valence-corrected chi connectivity index (χ4v) is 1.48. The summed E-state index contributed by atoms with van der Waals surface area (Å²) in [4.78, 5) is 5.46. The predicted molar refractivity (Wildman–Crippen MR) is 42.8 cm³/mol. The summed E-state index contributed by atoms with van der Waals surface area (Å²) in [5, 5.41) is 3.83. The van der Waals surface area contributed by atoms with Crippen LogP contribution < -0.4 is 4.90 Å². The number of aryl methyl sites for hydroxylation is 1. The second-order valence-corrected chi connectivity index (χ2v) is 3.21. The van der Waals surface area contributed by atoms with Crippen molar-refractivity contribution in [2.24, 2.45) is 7.05 Å². The molecule has 2 rings (SSSR count). The molecule has 0 radical (unpaired) electrons. The Morgan fingerprint density at radius 3 is 2.77 bits per heavy atom. The summed E-state index contributed by atoms with van der Waals surface area (Å²) in [5.41, 5.74) is 0. The van der Waals surface area contributed by atoms with E-state index in [1.165, 1.54) is 11.0 Å². The number of anilines is 1. The smallest absolute Gasteiger partial charge is 0.267 e. The standard InChI is InChI=1S/C7H10F2N4/c1-12-6(10-5-11-12)13-3-2-7(8,9)4-13/h5H,2-4H2,1H3. The molecule has 0 N–H and O–H groups in total. The highest BCUT2D eigenvalue weighted by Crippen LogP contribution is 2.29. The molecule has 0 amide bonds. The van der Waals surface area contributed by atoms with Gasteiger partial charge in [-0.25, -0.2) is 13.5 Å². The van der Waals surface area contributed by atoms with Crippen LogP contribution in [0, 0.1) is 0 Å². The molecule has 72 valence electrons. The van der Waals surface area contributed by atoms with E-state index in [1.54, 1.807) is 11.9 Å². The molecular formula is C7H10F2N4. The highest BCUT2D eigenvalue weighted by Gasteiger charge is 2.39. The molecule has 0 atom stereocenters. The van der Waals surface area contributed by atoms with Crippen molar-refractivity contribution in [1.82, 2.24) is 14.8 Å². The summed E-state index contributed by atoms with van der Waals surface area (Å²) in [6, 6.07) is 0. The first kappa shape index (κ1) is 8.40. The van der Waals surface area contributed by atoms with Gasteiger partial charge in [-0.05, 0) is 0 Å². The van der Waals surface area contributed by atoms with Crippen LogP contribution in [0.15, 0.2) is 6.33 Å². The van der Waals surface area contributed by atoms with Gasteiger partial charge < -0.3 is 4.90 Å². The second-order valence-electron chi connectivity index (χ2n) is 3.21. The minimum Gasteiger partial charge on any atom is -0.335 e. The zero-order chi connectivity index (χ0) is 9.47. The van der Waals surface area contributed by atoms with Crippen LogP contribution in [0.4, 0.5) is 14.7 Å². The third kappa shape index (κ3) is 1.48. The van der Waals surface area contributed by atoms with E-state index in [2.05, 4.69) is 10.1 Å². The summed E-state index contributed by atoms with van der Waals surface area (Å²) in [6.07, 6.45) is 1.27. The van der Waals surface area contributed by atoms with Crippen molar-refractivity contribution >= 4 is 5.95 Å². The lowest BCUT2D eigenvalue weighted by molar-refractivity contribution is 0.0256. The Bertz CT molecular complexity index is 309. The molecule has 0 spiro atoms. The molecule has 1 aliphatic heterocycles. The lowest BCUT2D eigenvalue weighted by Gasteiger charge is -2.15. The van der Waals surface area contributed by atoms with Gasteiger partial charge in [0.15, 0.2) is 0 Å². The molecule has 0 saturated carbocycles. The van der Waals surface area contributed by atoms with Crippen LogP contribution in [0.2, 0.25) is 0 Å². The maximum Gasteiger partial charge on any atom is 0.267 e. The van der Waals surface area contributed by atoms with Crippen LogP contribution in [0.3, 0.4) is 0 Å². The SMILES string of the molecule is Cn1ncnc1N1CCC(F)(F)C1. The van der Waals surface area contributed by atoms with E-state index in [0.29, 0.717) is 12.5 Å². The zero-order valence-corrected chi connectivity index (χ0v) is 7.24. The molecule has 6 heteroatoms. The van der Waals surface area contributed by atoms with Gasteiger partial charge in [-0.2, -0.15) is 10.1 Å². The molecule has 0 aromatic carbocycles. The first-order valence-corrected chi connectivity index (χ1v) is 4.05. The first-order valence-electron chi connectivity index (χ1n) is 4.05. The Labute approximate surface area is 74.2 Å². The Kier molecular flexibility index (Phi) is 1.71. The molecule has 1 saturated heterocycles. The van der Waals surface area contributed by atoms with Crippen LogP contribution in [0.5, 0.6) is 0 Å². The van der Waals surface area contributed by atoms with E-state index in [0.717, 1.165) is 0 Å². The van der Waals surface area contributed by atoms with Gasteiger partial charge >= 0.3 is 0 Å². The van der Waals surface area contributed by atoms with E-state index in [-0.39, 0.29) is 13.0 Å². The summed E-state index contributed by atoms with van der Waals surface area (Å²) < 4.78 is 27.1. The van der Waals surface area contributed by atoms with Gasteiger partial charge in [-0.1, -0.05) is 0 Å². The topological polar surface area (TPSA) is 34.0 Å². The molecular weight excluding hydrogens is 178 g/mol. The Hall–Kier alpha value is -1.20. The van der Waals surface area contributed by atoms with Gasteiger partial charge in [-0.15, -0.1) is 0 Å². The summed E-state index contributed by atoms with van der Waals surface area (Å²) >= 11 is 0. The third-order valence-electron chi connectivity index (χ3n) is 2.14. The zero-order valence-electron chi connectivity index (χ0n) is 7.24. The van der Waals surface area contributed by atoms with E-state index in [4.69, 9.17) is 0 Å². The van der Waals surface area contributed by atoms with Crippen LogP contribution in [0.1, 0.15) is 6.42 Å². The van der Waals surface area contributed by atoms with Gasteiger partial charge in [0.1, 0.15) is 6.33 Å². The maximum absolute atomic E-state index is 12.8. The van der Waals surface area contributed by atoms with Crippen molar-refractivity contribution < 1.29 is 8.78 Å². The van der Waals surface area contributed by atoms with Crippen LogP contribution >= 0.6 is 0 Å². The van der Waals surface area contributed by atoms with Crippen molar-refractivity contribution in [3.05, 3.63) is 6.33 Å². The lowest BCUT2D eigenvalue weighted by atomic mass is 10.3. The summed E-state index contributed by atoms with van der Waals surface area (Å²) in [7, 11) is 1.69. The molecule has 2 heterocycles. The number of hydrogen-bond acceptors (Lipinski definition) is 3. The van der Waals surface area contributed by atoms with E-state index >= 15 is 0 Å². The fraction of sp³-hybridized carbons (Fsp3) is 0.714. The second kappa shape index (κ2) is 2.65. The van der Waals surface area contributed by atoms with Crippen LogP contribution in [0.25, 0.3) is 0 Å². The number of alkyl halides is 2. The van der Waals surface area contributed by atoms with Crippen molar-refractivity contribution in [3.8, 4) is 0 Å². The summed E-state index contributed by atoms with van der Waals surface area (Å²) in [5.74, 6) is -2.07. The summed E-state index contributed by atoms with van der Waals surface area (Å²) in [6.45, 7) is 0.0963. The Balaban J connectivity index is 2.17. The Morgan fingerprint density at radius 1 is 1.54 bits per heavy atom. The number of halogens is 2. The Morgan fingerprint density at radius 2 is 2.31 bits per heavy atom. The van der Waals surface area contributed by atoms with Gasteiger partial charge in [0.2, 0.25) is 5.95 Å². The van der Waals surface area contributed by atoms with Crippen LogP contribution in [-0.4, -0.2) is 33.8 Å². The molecule has 1 aromatic heterocycles. The van der Waals surface area contributed by atoms with E-state index < -0.39 is 5.92 Å². The van der Waals surface area contributed by atoms with Crippen molar-refractivity contribution in [1.29, 1.82) is 0 Å². The number of hydrogen-bond donors (Lipinski definition) is 0.